The zero-order valence-corrected chi connectivity index (χ0v) is 10.4. The molecule has 98 valence electrons. The molecule has 18 heavy (non-hydrogen) atoms. The Morgan fingerprint density at radius 1 is 1.39 bits per heavy atom. The normalized spacial score (nSPS) is 17.3. The minimum atomic E-state index is -0.346. The molecule has 1 aromatic rings. The van der Waals surface area contributed by atoms with Gasteiger partial charge in [-0.15, -0.1) is 0 Å². The zero-order valence-electron chi connectivity index (χ0n) is 10.4. The van der Waals surface area contributed by atoms with Crippen LogP contribution in [0.15, 0.2) is 24.3 Å². The molecule has 1 aliphatic heterocycles. The minimum Gasteiger partial charge on any atom is -0.378 e. The van der Waals surface area contributed by atoms with Gasteiger partial charge in [-0.1, -0.05) is 18.2 Å². The molecule has 0 saturated carbocycles. The van der Waals surface area contributed by atoms with Crippen molar-refractivity contribution in [3.63, 3.8) is 0 Å². The highest BCUT2D eigenvalue weighted by atomic mass is 19.1. The number of benzene rings is 1. The van der Waals surface area contributed by atoms with Crippen molar-refractivity contribution in [2.75, 3.05) is 26.3 Å². The van der Waals surface area contributed by atoms with Crippen molar-refractivity contribution in [2.24, 2.45) is 0 Å². The quantitative estimate of drug-likeness (QED) is 0.873. The predicted molar refractivity (Wildman–Crippen MR) is 65.7 cm³/mol. The Hall–Kier alpha value is -1.62. The third-order valence-electron chi connectivity index (χ3n) is 3.01. The van der Waals surface area contributed by atoms with E-state index in [9.17, 15) is 9.18 Å². The topological polar surface area (TPSA) is 41.6 Å². The van der Waals surface area contributed by atoms with Gasteiger partial charge < -0.3 is 15.0 Å². The van der Waals surface area contributed by atoms with Gasteiger partial charge >= 0.3 is 6.03 Å². The molecule has 1 heterocycles. The van der Waals surface area contributed by atoms with E-state index >= 15 is 0 Å². The molecule has 0 spiro atoms. The highest BCUT2D eigenvalue weighted by Crippen LogP contribution is 2.16. The molecule has 2 amide bonds. The van der Waals surface area contributed by atoms with Crippen molar-refractivity contribution < 1.29 is 13.9 Å². The number of hydrogen-bond donors (Lipinski definition) is 1. The van der Waals surface area contributed by atoms with Gasteiger partial charge in [0.2, 0.25) is 0 Å². The fraction of sp³-hybridized carbons (Fsp3) is 0.462. The van der Waals surface area contributed by atoms with Gasteiger partial charge in [-0.2, -0.15) is 0 Å². The maximum absolute atomic E-state index is 13.5. The van der Waals surface area contributed by atoms with Gasteiger partial charge in [-0.05, 0) is 13.0 Å². The highest BCUT2D eigenvalue weighted by molar-refractivity contribution is 5.74. The molecule has 1 saturated heterocycles. The van der Waals surface area contributed by atoms with Gasteiger partial charge in [0.15, 0.2) is 0 Å². The van der Waals surface area contributed by atoms with Crippen LogP contribution in [-0.2, 0) is 4.74 Å². The van der Waals surface area contributed by atoms with Crippen molar-refractivity contribution in [1.82, 2.24) is 10.2 Å². The van der Waals surface area contributed by atoms with E-state index < -0.39 is 0 Å². The molecule has 0 aromatic heterocycles. The number of rotatable bonds is 2. The van der Waals surface area contributed by atoms with Crippen LogP contribution in [-0.4, -0.2) is 37.2 Å². The van der Waals surface area contributed by atoms with E-state index in [1.165, 1.54) is 6.07 Å². The van der Waals surface area contributed by atoms with Crippen LogP contribution in [0.25, 0.3) is 0 Å². The molecular formula is C13H17FN2O2. The summed E-state index contributed by atoms with van der Waals surface area (Å²) in [6.07, 6.45) is 0. The summed E-state index contributed by atoms with van der Waals surface area (Å²) < 4.78 is 18.7. The SMILES string of the molecule is CC(NC(=O)N1CCOCC1)c1ccccc1F. The van der Waals surface area contributed by atoms with E-state index in [0.717, 1.165) is 0 Å². The number of morpholine rings is 1. The first-order valence-corrected chi connectivity index (χ1v) is 6.06. The summed E-state index contributed by atoms with van der Waals surface area (Å²) in [4.78, 5) is 13.6. The first-order valence-electron chi connectivity index (χ1n) is 6.06. The molecule has 1 unspecified atom stereocenters. The summed E-state index contributed by atoms with van der Waals surface area (Å²) in [5, 5.41) is 2.80. The molecule has 4 nitrogen and oxygen atoms in total. The molecule has 1 fully saturated rings. The lowest BCUT2D eigenvalue weighted by molar-refractivity contribution is 0.0526. The van der Waals surface area contributed by atoms with Crippen LogP contribution < -0.4 is 5.32 Å². The average molecular weight is 252 g/mol. The number of nitrogens with zero attached hydrogens (tertiary/aromatic N) is 1. The maximum atomic E-state index is 13.5. The lowest BCUT2D eigenvalue weighted by atomic mass is 10.1. The standard InChI is InChI=1S/C13H17FN2O2/c1-10(11-4-2-3-5-12(11)14)15-13(17)16-6-8-18-9-7-16/h2-5,10H,6-9H2,1H3,(H,15,17). The Labute approximate surface area is 106 Å². The summed E-state index contributed by atoms with van der Waals surface area (Å²) in [5.74, 6) is -0.299. The van der Waals surface area contributed by atoms with Crippen LogP contribution >= 0.6 is 0 Å². The molecule has 1 atom stereocenters. The number of hydrogen-bond acceptors (Lipinski definition) is 2. The summed E-state index contributed by atoms with van der Waals surface area (Å²) in [6, 6.07) is 5.95. The molecule has 0 bridgehead atoms. The number of carbonyl (C=O) groups is 1. The first kappa shape index (κ1) is 12.8. The van der Waals surface area contributed by atoms with Gasteiger partial charge in [-0.25, -0.2) is 9.18 Å². The van der Waals surface area contributed by atoms with Crippen molar-refractivity contribution in [1.29, 1.82) is 0 Å². The van der Waals surface area contributed by atoms with Gasteiger partial charge in [-0.3, -0.25) is 0 Å². The molecule has 2 rings (SSSR count). The van der Waals surface area contributed by atoms with Crippen molar-refractivity contribution >= 4 is 6.03 Å². The lowest BCUT2D eigenvalue weighted by Crippen LogP contribution is -2.46. The van der Waals surface area contributed by atoms with E-state index in [1.807, 2.05) is 0 Å². The van der Waals surface area contributed by atoms with Gasteiger partial charge in [0.05, 0.1) is 19.3 Å². The monoisotopic (exact) mass is 252 g/mol. The second-order valence-corrected chi connectivity index (χ2v) is 4.29. The maximum Gasteiger partial charge on any atom is 0.318 e. The Balaban J connectivity index is 1.96. The van der Waals surface area contributed by atoms with E-state index in [0.29, 0.717) is 31.9 Å². The van der Waals surface area contributed by atoms with Crippen LogP contribution in [0.1, 0.15) is 18.5 Å². The summed E-state index contributed by atoms with van der Waals surface area (Å²) >= 11 is 0. The van der Waals surface area contributed by atoms with Gasteiger partial charge in [0.1, 0.15) is 5.82 Å². The molecule has 5 heteroatoms. The number of nitrogens with one attached hydrogen (secondary N) is 1. The fourth-order valence-electron chi connectivity index (χ4n) is 1.95. The number of urea groups is 1. The lowest BCUT2D eigenvalue weighted by Gasteiger charge is -2.28. The minimum absolute atomic E-state index is 0.172. The molecule has 0 aliphatic carbocycles. The number of carbonyl (C=O) groups excluding carboxylic acids is 1. The second kappa shape index (κ2) is 5.82. The average Bonchev–Trinajstić information content (AvgIpc) is 2.40. The van der Waals surface area contributed by atoms with Crippen LogP contribution in [0, 0.1) is 5.82 Å². The summed E-state index contributed by atoms with van der Waals surface area (Å²) in [7, 11) is 0. The van der Waals surface area contributed by atoms with Crippen molar-refractivity contribution in [3.05, 3.63) is 35.6 Å². The van der Waals surface area contributed by atoms with E-state index in [-0.39, 0.29) is 17.9 Å². The predicted octanol–water partition coefficient (Wildman–Crippen LogP) is 1.93. The first-order chi connectivity index (χ1) is 8.68. The van der Waals surface area contributed by atoms with Crippen LogP contribution in [0.4, 0.5) is 9.18 Å². The molecule has 1 aliphatic rings. The Kier molecular flexibility index (Phi) is 4.15. The van der Waals surface area contributed by atoms with Crippen LogP contribution in [0.5, 0.6) is 0 Å². The van der Waals surface area contributed by atoms with Crippen molar-refractivity contribution in [3.8, 4) is 0 Å². The van der Waals surface area contributed by atoms with Crippen LogP contribution in [0.3, 0.4) is 0 Å². The summed E-state index contributed by atoms with van der Waals surface area (Å²) in [5.41, 5.74) is 0.499. The largest absolute Gasteiger partial charge is 0.378 e. The molecule has 1 aromatic carbocycles. The smallest absolute Gasteiger partial charge is 0.318 e. The molecule has 1 N–H and O–H groups in total. The highest BCUT2D eigenvalue weighted by Gasteiger charge is 2.19. The number of ether oxygens (including phenoxy) is 1. The van der Waals surface area contributed by atoms with E-state index in [1.54, 1.807) is 30.0 Å². The van der Waals surface area contributed by atoms with Gasteiger partial charge in [0, 0.05) is 18.7 Å². The van der Waals surface area contributed by atoms with Gasteiger partial charge in [0.25, 0.3) is 0 Å². The fourth-order valence-corrected chi connectivity index (χ4v) is 1.95. The zero-order chi connectivity index (χ0) is 13.0. The van der Waals surface area contributed by atoms with Crippen molar-refractivity contribution in [2.45, 2.75) is 13.0 Å². The Morgan fingerprint density at radius 3 is 2.72 bits per heavy atom. The van der Waals surface area contributed by atoms with E-state index in [2.05, 4.69) is 5.32 Å². The third-order valence-corrected chi connectivity index (χ3v) is 3.01. The third kappa shape index (κ3) is 2.98. The second-order valence-electron chi connectivity index (χ2n) is 4.29. The summed E-state index contributed by atoms with van der Waals surface area (Å²) in [6.45, 7) is 4.05. The Bertz CT molecular complexity index is 419. The molecule has 0 radical (unpaired) electrons. The van der Waals surface area contributed by atoms with E-state index in [4.69, 9.17) is 4.74 Å². The van der Waals surface area contributed by atoms with Crippen LogP contribution in [0.2, 0.25) is 0 Å². The Morgan fingerprint density at radius 2 is 2.06 bits per heavy atom. The number of halogens is 1. The molecular weight excluding hydrogens is 235 g/mol. The number of amides is 2.